The van der Waals surface area contributed by atoms with Gasteiger partial charge >= 0.3 is 11.9 Å². The molecule has 1 fully saturated rings. The van der Waals surface area contributed by atoms with Gasteiger partial charge in [-0.3, -0.25) is 14.4 Å². The van der Waals surface area contributed by atoms with Gasteiger partial charge < -0.3 is 14.6 Å². The summed E-state index contributed by atoms with van der Waals surface area (Å²) in [6.45, 7) is 2.38. The van der Waals surface area contributed by atoms with E-state index >= 15 is 0 Å². The molecule has 1 rings (SSSR count). The van der Waals surface area contributed by atoms with Gasteiger partial charge in [-0.1, -0.05) is 19.3 Å². The fourth-order valence-corrected chi connectivity index (χ4v) is 2.89. The third-order valence-corrected chi connectivity index (χ3v) is 4.19. The Kier molecular flexibility index (Phi) is 9.52. The number of esters is 1. The molecule has 0 radical (unpaired) electrons. The first-order valence-corrected chi connectivity index (χ1v) is 8.53. The standard InChI is InChI=1S/C17H28O6/c1-2-23-16(19)10-6-9-14(17(20)21)15(18)12-22-11-13-7-4-3-5-8-13/h13-14H,2-12H2,1H3,(H,20,21). The van der Waals surface area contributed by atoms with Crippen molar-refractivity contribution >= 4 is 17.7 Å². The van der Waals surface area contributed by atoms with Crippen molar-refractivity contribution in [2.24, 2.45) is 11.8 Å². The number of aliphatic carboxylic acids is 1. The highest BCUT2D eigenvalue weighted by Crippen LogP contribution is 2.23. The lowest BCUT2D eigenvalue weighted by Gasteiger charge is -2.21. The molecule has 132 valence electrons. The lowest BCUT2D eigenvalue weighted by molar-refractivity contribution is -0.149. The maximum Gasteiger partial charge on any atom is 0.314 e. The highest BCUT2D eigenvalue weighted by molar-refractivity contribution is 5.98. The van der Waals surface area contributed by atoms with Gasteiger partial charge in [0.05, 0.1) is 6.61 Å². The van der Waals surface area contributed by atoms with Crippen LogP contribution in [0.2, 0.25) is 0 Å². The summed E-state index contributed by atoms with van der Waals surface area (Å²) in [5, 5.41) is 9.17. The van der Waals surface area contributed by atoms with Crippen molar-refractivity contribution in [2.75, 3.05) is 19.8 Å². The molecule has 1 aliphatic rings. The zero-order valence-electron chi connectivity index (χ0n) is 13.9. The van der Waals surface area contributed by atoms with Gasteiger partial charge in [0.2, 0.25) is 0 Å². The molecule has 0 bridgehead atoms. The second-order valence-electron chi connectivity index (χ2n) is 6.07. The molecule has 0 aromatic heterocycles. The Morgan fingerprint density at radius 3 is 2.48 bits per heavy atom. The van der Waals surface area contributed by atoms with E-state index in [4.69, 9.17) is 14.6 Å². The van der Waals surface area contributed by atoms with Crippen molar-refractivity contribution in [3.63, 3.8) is 0 Å². The van der Waals surface area contributed by atoms with Crippen LogP contribution in [0.3, 0.4) is 0 Å². The summed E-state index contributed by atoms with van der Waals surface area (Å²) in [5.41, 5.74) is 0. The quantitative estimate of drug-likeness (QED) is 0.463. The number of rotatable bonds is 11. The molecule has 0 aromatic rings. The normalized spacial score (nSPS) is 16.7. The molecule has 1 unspecified atom stereocenters. The summed E-state index contributed by atoms with van der Waals surface area (Å²) in [6, 6.07) is 0. The van der Waals surface area contributed by atoms with E-state index in [0.29, 0.717) is 25.6 Å². The SMILES string of the molecule is CCOC(=O)CCCC(C(=O)O)C(=O)COCC1CCCCC1. The van der Waals surface area contributed by atoms with Crippen LogP contribution in [0, 0.1) is 11.8 Å². The zero-order chi connectivity index (χ0) is 17.1. The molecule has 0 heterocycles. The monoisotopic (exact) mass is 328 g/mol. The predicted octanol–water partition coefficient (Wildman–Crippen LogP) is 2.59. The molecule has 0 spiro atoms. The number of ketones is 1. The first-order chi connectivity index (χ1) is 11.0. The summed E-state index contributed by atoms with van der Waals surface area (Å²) in [7, 11) is 0. The van der Waals surface area contributed by atoms with E-state index in [-0.39, 0.29) is 25.4 Å². The number of carboxylic acid groups (broad SMARTS) is 1. The maximum absolute atomic E-state index is 12.0. The van der Waals surface area contributed by atoms with E-state index in [1.807, 2.05) is 0 Å². The van der Waals surface area contributed by atoms with Crippen LogP contribution in [0.5, 0.6) is 0 Å². The minimum absolute atomic E-state index is 0.133. The van der Waals surface area contributed by atoms with E-state index in [9.17, 15) is 14.4 Å². The molecule has 1 aliphatic carbocycles. The van der Waals surface area contributed by atoms with Gasteiger partial charge in [-0.15, -0.1) is 0 Å². The molecule has 0 amide bonds. The van der Waals surface area contributed by atoms with E-state index in [1.165, 1.54) is 19.3 Å². The first kappa shape index (κ1) is 19.6. The van der Waals surface area contributed by atoms with Crippen LogP contribution in [-0.2, 0) is 23.9 Å². The molecule has 1 saturated carbocycles. The lowest BCUT2D eigenvalue weighted by atomic mass is 9.90. The summed E-state index contributed by atoms with van der Waals surface area (Å²) in [5.74, 6) is -2.55. The number of ether oxygens (including phenoxy) is 2. The zero-order valence-corrected chi connectivity index (χ0v) is 13.9. The Morgan fingerprint density at radius 1 is 1.17 bits per heavy atom. The fraction of sp³-hybridized carbons (Fsp3) is 0.824. The largest absolute Gasteiger partial charge is 0.481 e. The molecule has 0 saturated heterocycles. The Balaban J connectivity index is 2.27. The van der Waals surface area contributed by atoms with Crippen LogP contribution >= 0.6 is 0 Å². The highest BCUT2D eigenvalue weighted by atomic mass is 16.5. The van der Waals surface area contributed by atoms with E-state index in [1.54, 1.807) is 6.92 Å². The van der Waals surface area contributed by atoms with E-state index < -0.39 is 17.7 Å². The van der Waals surface area contributed by atoms with Crippen molar-refractivity contribution in [1.82, 2.24) is 0 Å². The van der Waals surface area contributed by atoms with Crippen molar-refractivity contribution in [1.29, 1.82) is 0 Å². The summed E-state index contributed by atoms with van der Waals surface area (Å²) in [4.78, 5) is 34.5. The van der Waals surface area contributed by atoms with E-state index in [0.717, 1.165) is 12.8 Å². The van der Waals surface area contributed by atoms with Crippen LogP contribution in [0.1, 0.15) is 58.3 Å². The molecular weight excluding hydrogens is 300 g/mol. The summed E-state index contributed by atoms with van der Waals surface area (Å²) in [6.07, 6.45) is 6.50. The Bertz CT molecular complexity index is 387. The first-order valence-electron chi connectivity index (χ1n) is 8.53. The molecule has 0 aliphatic heterocycles. The average molecular weight is 328 g/mol. The van der Waals surface area contributed by atoms with Crippen LogP contribution in [0.25, 0.3) is 0 Å². The van der Waals surface area contributed by atoms with E-state index in [2.05, 4.69) is 0 Å². The fourth-order valence-electron chi connectivity index (χ4n) is 2.89. The van der Waals surface area contributed by atoms with Crippen LogP contribution < -0.4 is 0 Å². The highest BCUT2D eigenvalue weighted by Gasteiger charge is 2.26. The van der Waals surface area contributed by atoms with Gasteiger partial charge in [0, 0.05) is 13.0 Å². The van der Waals surface area contributed by atoms with Gasteiger partial charge in [0.15, 0.2) is 5.78 Å². The van der Waals surface area contributed by atoms with Crippen molar-refractivity contribution < 1.29 is 29.0 Å². The number of hydrogen-bond acceptors (Lipinski definition) is 5. The number of carbonyl (C=O) groups excluding carboxylic acids is 2. The van der Waals surface area contributed by atoms with Gasteiger partial charge in [-0.25, -0.2) is 0 Å². The van der Waals surface area contributed by atoms with Gasteiger partial charge in [-0.2, -0.15) is 0 Å². The van der Waals surface area contributed by atoms with Crippen molar-refractivity contribution in [2.45, 2.75) is 58.3 Å². The smallest absolute Gasteiger partial charge is 0.314 e. The maximum atomic E-state index is 12.0. The Morgan fingerprint density at radius 2 is 1.87 bits per heavy atom. The van der Waals surface area contributed by atoms with Crippen molar-refractivity contribution in [3.8, 4) is 0 Å². The molecule has 23 heavy (non-hydrogen) atoms. The van der Waals surface area contributed by atoms with Crippen molar-refractivity contribution in [3.05, 3.63) is 0 Å². The van der Waals surface area contributed by atoms with Gasteiger partial charge in [-0.05, 0) is 38.5 Å². The molecule has 1 atom stereocenters. The predicted molar refractivity (Wildman–Crippen MR) is 84.0 cm³/mol. The second-order valence-corrected chi connectivity index (χ2v) is 6.07. The third kappa shape index (κ3) is 8.11. The number of hydrogen-bond donors (Lipinski definition) is 1. The van der Waals surface area contributed by atoms with Crippen LogP contribution in [-0.4, -0.2) is 42.6 Å². The van der Waals surface area contributed by atoms with Crippen LogP contribution in [0.15, 0.2) is 0 Å². The lowest BCUT2D eigenvalue weighted by Crippen LogP contribution is -2.28. The molecular formula is C17H28O6. The van der Waals surface area contributed by atoms with Gasteiger partial charge in [0.1, 0.15) is 12.5 Å². The van der Waals surface area contributed by atoms with Gasteiger partial charge in [0.25, 0.3) is 0 Å². The molecule has 0 aromatic carbocycles. The summed E-state index contributed by atoms with van der Waals surface area (Å²) < 4.78 is 10.2. The summed E-state index contributed by atoms with van der Waals surface area (Å²) >= 11 is 0. The average Bonchev–Trinajstić information content (AvgIpc) is 2.52. The third-order valence-electron chi connectivity index (χ3n) is 4.19. The molecule has 6 nitrogen and oxygen atoms in total. The second kappa shape index (κ2) is 11.2. The minimum atomic E-state index is -1.15. The van der Waals surface area contributed by atoms with Crippen LogP contribution in [0.4, 0.5) is 0 Å². The Hall–Kier alpha value is -1.43. The number of carbonyl (C=O) groups is 3. The topological polar surface area (TPSA) is 89.9 Å². The molecule has 1 N–H and O–H groups in total. The minimum Gasteiger partial charge on any atom is -0.481 e. The molecule has 6 heteroatoms. The Labute approximate surface area is 137 Å². The number of Topliss-reactive ketones (excluding diaryl/α,β-unsaturated/α-hetero) is 1. The number of carboxylic acids is 1.